The number of aromatic nitrogens is 4. The molecule has 18 heavy (non-hydrogen) atoms. The van der Waals surface area contributed by atoms with Crippen LogP contribution in [-0.4, -0.2) is 34.2 Å². The topological polar surface area (TPSA) is 70.0 Å². The molecular formula is C12H10N4O2. The van der Waals surface area contributed by atoms with Crippen LogP contribution in [0.15, 0.2) is 24.8 Å². The largest absolute Gasteiger partial charge is 0.467 e. The zero-order valence-corrected chi connectivity index (χ0v) is 9.91. The van der Waals surface area contributed by atoms with Crippen LogP contribution >= 0.6 is 0 Å². The zero-order chi connectivity index (χ0) is 12.8. The van der Waals surface area contributed by atoms with Crippen LogP contribution in [0.1, 0.15) is 11.1 Å². The number of ether oxygens (including phenoxy) is 2. The molecular weight excluding hydrogens is 232 g/mol. The van der Waals surface area contributed by atoms with Crippen molar-refractivity contribution in [2.75, 3.05) is 14.2 Å². The van der Waals surface area contributed by atoms with E-state index in [0.29, 0.717) is 23.1 Å². The monoisotopic (exact) mass is 242 g/mol. The summed E-state index contributed by atoms with van der Waals surface area (Å²) in [5.74, 6) is 5.80. The van der Waals surface area contributed by atoms with Crippen molar-refractivity contribution >= 4 is 0 Å². The quantitative estimate of drug-likeness (QED) is 0.721. The van der Waals surface area contributed by atoms with Crippen LogP contribution in [0.25, 0.3) is 0 Å². The van der Waals surface area contributed by atoms with Crippen LogP contribution in [-0.2, 0) is 0 Å². The van der Waals surface area contributed by atoms with E-state index in [2.05, 4.69) is 31.8 Å². The molecule has 0 spiro atoms. The molecule has 6 heteroatoms. The van der Waals surface area contributed by atoms with Crippen LogP contribution in [0, 0.1) is 11.8 Å². The number of nitrogens with zero attached hydrogens (tertiary/aromatic N) is 4. The van der Waals surface area contributed by atoms with E-state index in [-0.39, 0.29) is 0 Å². The summed E-state index contributed by atoms with van der Waals surface area (Å²) in [5, 5.41) is 0. The Morgan fingerprint density at radius 1 is 0.722 bits per heavy atom. The Hall–Kier alpha value is -2.68. The maximum Gasteiger partial charge on any atom is 0.316 e. The summed E-state index contributed by atoms with van der Waals surface area (Å²) in [4.78, 5) is 15.8. The van der Waals surface area contributed by atoms with Gasteiger partial charge in [0.2, 0.25) is 0 Å². The summed E-state index contributed by atoms with van der Waals surface area (Å²) >= 11 is 0. The summed E-state index contributed by atoms with van der Waals surface area (Å²) in [6.07, 6.45) is 6.35. The van der Waals surface area contributed by atoms with Crippen molar-refractivity contribution in [1.29, 1.82) is 0 Å². The average Bonchev–Trinajstić information content (AvgIpc) is 2.46. The van der Waals surface area contributed by atoms with E-state index in [4.69, 9.17) is 9.47 Å². The van der Waals surface area contributed by atoms with Gasteiger partial charge in [-0.25, -0.2) is 19.9 Å². The molecule has 0 bridgehead atoms. The standard InChI is InChI=1S/C12H10N4O2/c1-17-11-13-5-9(6-14-11)3-4-10-7-15-12(18-2)16-8-10/h5-8H,1-2H3. The lowest BCUT2D eigenvalue weighted by Gasteiger charge is -1.95. The Labute approximate surface area is 104 Å². The van der Waals surface area contributed by atoms with Crippen molar-refractivity contribution in [2.24, 2.45) is 0 Å². The molecule has 0 atom stereocenters. The van der Waals surface area contributed by atoms with Gasteiger partial charge < -0.3 is 9.47 Å². The number of hydrogen-bond acceptors (Lipinski definition) is 6. The highest BCUT2D eigenvalue weighted by Crippen LogP contribution is 2.02. The molecule has 0 radical (unpaired) electrons. The molecule has 2 aromatic heterocycles. The van der Waals surface area contributed by atoms with Crippen molar-refractivity contribution in [1.82, 2.24) is 19.9 Å². The maximum atomic E-state index is 4.85. The van der Waals surface area contributed by atoms with Crippen molar-refractivity contribution in [2.45, 2.75) is 0 Å². The molecule has 2 rings (SSSR count). The van der Waals surface area contributed by atoms with E-state index in [9.17, 15) is 0 Å². The van der Waals surface area contributed by atoms with E-state index < -0.39 is 0 Å². The van der Waals surface area contributed by atoms with E-state index in [1.165, 1.54) is 14.2 Å². The highest BCUT2D eigenvalue weighted by atomic mass is 16.5. The fraction of sp³-hybridized carbons (Fsp3) is 0.167. The van der Waals surface area contributed by atoms with Gasteiger partial charge in [-0.15, -0.1) is 0 Å². The lowest BCUT2D eigenvalue weighted by molar-refractivity contribution is 0.379. The first-order valence-corrected chi connectivity index (χ1v) is 5.06. The smallest absolute Gasteiger partial charge is 0.316 e. The van der Waals surface area contributed by atoms with Gasteiger partial charge >= 0.3 is 12.0 Å². The molecule has 2 aromatic rings. The third-order valence-electron chi connectivity index (χ3n) is 1.97. The van der Waals surface area contributed by atoms with Crippen molar-refractivity contribution in [3.8, 4) is 23.9 Å². The Kier molecular flexibility index (Phi) is 3.66. The Morgan fingerprint density at radius 2 is 1.06 bits per heavy atom. The minimum absolute atomic E-state index is 0.313. The number of rotatable bonds is 2. The van der Waals surface area contributed by atoms with Crippen LogP contribution in [0.3, 0.4) is 0 Å². The van der Waals surface area contributed by atoms with Gasteiger partial charge in [0.05, 0.1) is 25.3 Å². The fourth-order valence-corrected chi connectivity index (χ4v) is 1.12. The second-order valence-corrected chi connectivity index (χ2v) is 3.17. The van der Waals surface area contributed by atoms with E-state index >= 15 is 0 Å². The van der Waals surface area contributed by atoms with Crippen LogP contribution < -0.4 is 9.47 Å². The van der Waals surface area contributed by atoms with Crippen LogP contribution in [0.5, 0.6) is 12.0 Å². The number of methoxy groups -OCH3 is 2. The Balaban J connectivity index is 2.14. The van der Waals surface area contributed by atoms with Gasteiger partial charge in [-0.05, 0) is 0 Å². The third-order valence-corrected chi connectivity index (χ3v) is 1.97. The molecule has 0 unspecified atom stereocenters. The zero-order valence-electron chi connectivity index (χ0n) is 9.91. The molecule has 0 saturated heterocycles. The van der Waals surface area contributed by atoms with Gasteiger partial charge in [0.15, 0.2) is 0 Å². The van der Waals surface area contributed by atoms with Crippen molar-refractivity contribution in [3.05, 3.63) is 35.9 Å². The number of hydrogen-bond donors (Lipinski definition) is 0. The normalized spacial score (nSPS) is 9.22. The SMILES string of the molecule is COc1ncc(C#Cc2cnc(OC)nc2)cn1. The van der Waals surface area contributed by atoms with Gasteiger partial charge in [0.25, 0.3) is 0 Å². The first-order chi connectivity index (χ1) is 8.81. The van der Waals surface area contributed by atoms with Gasteiger partial charge in [-0.1, -0.05) is 11.8 Å². The van der Waals surface area contributed by atoms with Crippen LogP contribution in [0.2, 0.25) is 0 Å². The molecule has 0 aliphatic heterocycles. The fourth-order valence-electron chi connectivity index (χ4n) is 1.12. The molecule has 2 heterocycles. The summed E-state index contributed by atoms with van der Waals surface area (Å²) in [7, 11) is 3.02. The van der Waals surface area contributed by atoms with Gasteiger partial charge in [-0.2, -0.15) is 0 Å². The summed E-state index contributed by atoms with van der Waals surface area (Å²) in [6, 6.07) is 0.627. The van der Waals surface area contributed by atoms with E-state index in [1.807, 2.05) is 0 Å². The molecule has 0 aliphatic rings. The molecule has 0 aliphatic carbocycles. The Morgan fingerprint density at radius 3 is 1.33 bits per heavy atom. The predicted octanol–water partition coefficient (Wildman–Crippen LogP) is 0.684. The third kappa shape index (κ3) is 2.92. The minimum Gasteiger partial charge on any atom is -0.467 e. The van der Waals surface area contributed by atoms with Crippen molar-refractivity contribution < 1.29 is 9.47 Å². The second-order valence-electron chi connectivity index (χ2n) is 3.17. The van der Waals surface area contributed by atoms with Crippen LogP contribution in [0.4, 0.5) is 0 Å². The molecule has 90 valence electrons. The maximum absolute atomic E-state index is 4.85. The molecule has 0 fully saturated rings. The average molecular weight is 242 g/mol. The van der Waals surface area contributed by atoms with E-state index in [0.717, 1.165) is 0 Å². The summed E-state index contributed by atoms with van der Waals surface area (Å²) < 4.78 is 9.71. The highest BCUT2D eigenvalue weighted by Gasteiger charge is 1.95. The second kappa shape index (κ2) is 5.59. The van der Waals surface area contributed by atoms with Gasteiger partial charge in [0.1, 0.15) is 0 Å². The molecule has 0 amide bonds. The summed E-state index contributed by atoms with van der Waals surface area (Å²) in [6.45, 7) is 0. The molecule has 0 N–H and O–H groups in total. The predicted molar refractivity (Wildman–Crippen MR) is 63.1 cm³/mol. The van der Waals surface area contributed by atoms with Crippen molar-refractivity contribution in [3.63, 3.8) is 0 Å². The lowest BCUT2D eigenvalue weighted by atomic mass is 10.3. The molecule has 0 aromatic carbocycles. The summed E-state index contributed by atoms with van der Waals surface area (Å²) in [5.41, 5.74) is 1.37. The first kappa shape index (κ1) is 11.8. The first-order valence-electron chi connectivity index (χ1n) is 5.06. The molecule has 0 saturated carbocycles. The van der Waals surface area contributed by atoms with Gasteiger partial charge in [0, 0.05) is 24.8 Å². The molecule has 6 nitrogen and oxygen atoms in total. The lowest BCUT2D eigenvalue weighted by Crippen LogP contribution is -1.92. The minimum atomic E-state index is 0.313. The highest BCUT2D eigenvalue weighted by molar-refractivity contribution is 5.39. The van der Waals surface area contributed by atoms with Gasteiger partial charge in [-0.3, -0.25) is 0 Å². The van der Waals surface area contributed by atoms with E-state index in [1.54, 1.807) is 24.8 Å². The Bertz CT molecular complexity index is 518.